The van der Waals surface area contributed by atoms with Gasteiger partial charge in [-0.25, -0.2) is 0 Å². The van der Waals surface area contributed by atoms with Gasteiger partial charge >= 0.3 is 0 Å². The number of benzene rings is 1. The molecule has 0 radical (unpaired) electrons. The molecule has 106 valence electrons. The van der Waals surface area contributed by atoms with Crippen LogP contribution in [-0.2, 0) is 6.54 Å². The standard InChI is InChI=1S/C15H21N5/c1-12-7-9-14(10-8-12)20-15(17-18-19-20)11-16-13-5-3-2-4-6-13/h7-10,13,16H,2-6,11H2,1H3. The van der Waals surface area contributed by atoms with Gasteiger partial charge in [-0.05, 0) is 42.3 Å². The van der Waals surface area contributed by atoms with Crippen molar-refractivity contribution in [2.24, 2.45) is 0 Å². The molecule has 0 saturated heterocycles. The third-order valence-corrected chi connectivity index (χ3v) is 3.97. The molecule has 1 aromatic heterocycles. The summed E-state index contributed by atoms with van der Waals surface area (Å²) in [6, 6.07) is 8.88. The molecule has 0 unspecified atom stereocenters. The molecule has 5 nitrogen and oxygen atoms in total. The predicted octanol–water partition coefficient (Wildman–Crippen LogP) is 2.39. The second kappa shape index (κ2) is 6.13. The summed E-state index contributed by atoms with van der Waals surface area (Å²) in [5, 5.41) is 15.6. The Morgan fingerprint density at radius 2 is 1.90 bits per heavy atom. The normalized spacial score (nSPS) is 16.4. The van der Waals surface area contributed by atoms with Gasteiger partial charge in [-0.2, -0.15) is 4.68 Å². The van der Waals surface area contributed by atoms with Crippen LogP contribution in [0.3, 0.4) is 0 Å². The number of aromatic nitrogens is 4. The largest absolute Gasteiger partial charge is 0.307 e. The van der Waals surface area contributed by atoms with E-state index in [2.05, 4.69) is 52.0 Å². The third-order valence-electron chi connectivity index (χ3n) is 3.97. The van der Waals surface area contributed by atoms with Gasteiger partial charge in [0.15, 0.2) is 5.82 Å². The molecule has 0 amide bonds. The van der Waals surface area contributed by atoms with Crippen LogP contribution < -0.4 is 5.32 Å². The first kappa shape index (κ1) is 13.2. The van der Waals surface area contributed by atoms with Gasteiger partial charge in [-0.1, -0.05) is 37.0 Å². The molecule has 0 atom stereocenters. The fourth-order valence-electron chi connectivity index (χ4n) is 2.74. The number of nitrogens with one attached hydrogen (secondary N) is 1. The Hall–Kier alpha value is -1.75. The van der Waals surface area contributed by atoms with E-state index in [0.717, 1.165) is 18.1 Å². The molecule has 2 aromatic rings. The molecule has 0 spiro atoms. The van der Waals surface area contributed by atoms with E-state index in [0.29, 0.717) is 6.04 Å². The Labute approximate surface area is 119 Å². The predicted molar refractivity (Wildman–Crippen MR) is 77.6 cm³/mol. The number of tetrazole rings is 1. The molecule has 1 heterocycles. The summed E-state index contributed by atoms with van der Waals surface area (Å²) >= 11 is 0. The highest BCUT2D eigenvalue weighted by Crippen LogP contribution is 2.18. The summed E-state index contributed by atoms with van der Waals surface area (Å²) in [6.45, 7) is 2.81. The smallest absolute Gasteiger partial charge is 0.170 e. The lowest BCUT2D eigenvalue weighted by Crippen LogP contribution is -2.31. The first-order valence-electron chi connectivity index (χ1n) is 7.40. The summed E-state index contributed by atoms with van der Waals surface area (Å²) in [4.78, 5) is 0. The molecule has 3 rings (SSSR count). The maximum atomic E-state index is 4.14. The summed E-state index contributed by atoms with van der Waals surface area (Å²) < 4.78 is 1.81. The van der Waals surface area contributed by atoms with Gasteiger partial charge in [-0.3, -0.25) is 0 Å². The van der Waals surface area contributed by atoms with E-state index in [1.54, 1.807) is 0 Å². The minimum Gasteiger partial charge on any atom is -0.307 e. The molecule has 1 N–H and O–H groups in total. The van der Waals surface area contributed by atoms with Crippen molar-refractivity contribution in [2.45, 2.75) is 51.6 Å². The van der Waals surface area contributed by atoms with Crippen LogP contribution in [0.1, 0.15) is 43.5 Å². The van der Waals surface area contributed by atoms with Gasteiger partial charge in [0.2, 0.25) is 0 Å². The fourth-order valence-corrected chi connectivity index (χ4v) is 2.74. The van der Waals surface area contributed by atoms with Crippen LogP contribution in [0.25, 0.3) is 5.69 Å². The van der Waals surface area contributed by atoms with E-state index in [1.807, 2.05) is 4.68 Å². The van der Waals surface area contributed by atoms with Crippen molar-refractivity contribution in [3.8, 4) is 5.69 Å². The lowest BCUT2D eigenvalue weighted by molar-refractivity contribution is 0.368. The fraction of sp³-hybridized carbons (Fsp3) is 0.533. The van der Waals surface area contributed by atoms with E-state index in [4.69, 9.17) is 0 Å². The second-order valence-corrected chi connectivity index (χ2v) is 5.56. The minimum atomic E-state index is 0.618. The topological polar surface area (TPSA) is 55.6 Å². The molecule has 1 aliphatic rings. The van der Waals surface area contributed by atoms with Crippen molar-refractivity contribution >= 4 is 0 Å². The zero-order valence-corrected chi connectivity index (χ0v) is 11.9. The number of nitrogens with zero attached hydrogens (tertiary/aromatic N) is 4. The number of aryl methyl sites for hydroxylation is 1. The number of hydrogen-bond acceptors (Lipinski definition) is 4. The highest BCUT2D eigenvalue weighted by Gasteiger charge is 2.14. The first-order valence-corrected chi connectivity index (χ1v) is 7.40. The quantitative estimate of drug-likeness (QED) is 0.927. The Balaban J connectivity index is 1.68. The molecular formula is C15H21N5. The average Bonchev–Trinajstić information content (AvgIpc) is 2.95. The van der Waals surface area contributed by atoms with Crippen LogP contribution in [0.15, 0.2) is 24.3 Å². The van der Waals surface area contributed by atoms with Crippen LogP contribution in [-0.4, -0.2) is 26.2 Å². The maximum Gasteiger partial charge on any atom is 0.170 e. The molecule has 0 aliphatic heterocycles. The highest BCUT2D eigenvalue weighted by atomic mass is 15.5. The van der Waals surface area contributed by atoms with Gasteiger partial charge in [0.1, 0.15) is 0 Å². The van der Waals surface area contributed by atoms with E-state index in [-0.39, 0.29) is 0 Å². The van der Waals surface area contributed by atoms with E-state index in [1.165, 1.54) is 37.7 Å². The average molecular weight is 271 g/mol. The van der Waals surface area contributed by atoms with Crippen molar-refractivity contribution in [2.75, 3.05) is 0 Å². The van der Waals surface area contributed by atoms with Gasteiger partial charge in [0.05, 0.1) is 12.2 Å². The Morgan fingerprint density at radius 3 is 2.65 bits per heavy atom. The van der Waals surface area contributed by atoms with Gasteiger partial charge in [0.25, 0.3) is 0 Å². The van der Waals surface area contributed by atoms with Crippen molar-refractivity contribution < 1.29 is 0 Å². The Bertz CT molecular complexity index is 540. The molecule has 1 aromatic carbocycles. The zero-order chi connectivity index (χ0) is 13.8. The lowest BCUT2D eigenvalue weighted by Gasteiger charge is -2.22. The van der Waals surface area contributed by atoms with Crippen molar-refractivity contribution in [3.63, 3.8) is 0 Å². The van der Waals surface area contributed by atoms with Crippen LogP contribution in [0.5, 0.6) is 0 Å². The Morgan fingerprint density at radius 1 is 1.15 bits per heavy atom. The minimum absolute atomic E-state index is 0.618. The second-order valence-electron chi connectivity index (χ2n) is 5.56. The van der Waals surface area contributed by atoms with Crippen molar-refractivity contribution in [1.29, 1.82) is 0 Å². The van der Waals surface area contributed by atoms with Crippen LogP contribution >= 0.6 is 0 Å². The first-order chi connectivity index (χ1) is 9.83. The van der Waals surface area contributed by atoms with Gasteiger partial charge < -0.3 is 5.32 Å². The number of hydrogen-bond donors (Lipinski definition) is 1. The molecule has 20 heavy (non-hydrogen) atoms. The number of rotatable bonds is 4. The molecule has 1 aliphatic carbocycles. The zero-order valence-electron chi connectivity index (χ0n) is 11.9. The lowest BCUT2D eigenvalue weighted by atomic mass is 9.95. The molecule has 1 saturated carbocycles. The monoisotopic (exact) mass is 271 g/mol. The molecule has 1 fully saturated rings. The Kier molecular flexibility index (Phi) is 4.06. The summed E-state index contributed by atoms with van der Waals surface area (Å²) in [6.07, 6.45) is 6.58. The highest BCUT2D eigenvalue weighted by molar-refractivity contribution is 5.33. The summed E-state index contributed by atoms with van der Waals surface area (Å²) in [5.74, 6) is 0.874. The van der Waals surface area contributed by atoms with Crippen LogP contribution in [0, 0.1) is 6.92 Å². The molecular weight excluding hydrogens is 250 g/mol. The molecule has 0 bridgehead atoms. The van der Waals surface area contributed by atoms with E-state index in [9.17, 15) is 0 Å². The molecule has 5 heteroatoms. The van der Waals surface area contributed by atoms with Gasteiger partial charge in [0, 0.05) is 6.04 Å². The third kappa shape index (κ3) is 3.04. The SMILES string of the molecule is Cc1ccc(-n2nnnc2CNC2CCCCC2)cc1. The van der Waals surface area contributed by atoms with Gasteiger partial charge in [-0.15, -0.1) is 5.10 Å². The van der Waals surface area contributed by atoms with Crippen molar-refractivity contribution in [1.82, 2.24) is 25.5 Å². The summed E-state index contributed by atoms with van der Waals surface area (Å²) in [5.41, 5.74) is 2.25. The van der Waals surface area contributed by atoms with E-state index >= 15 is 0 Å². The summed E-state index contributed by atoms with van der Waals surface area (Å²) in [7, 11) is 0. The van der Waals surface area contributed by atoms with Crippen molar-refractivity contribution in [3.05, 3.63) is 35.7 Å². The van der Waals surface area contributed by atoms with E-state index < -0.39 is 0 Å². The van der Waals surface area contributed by atoms with Crippen LogP contribution in [0.4, 0.5) is 0 Å². The maximum absolute atomic E-state index is 4.14. The van der Waals surface area contributed by atoms with Crippen LogP contribution in [0.2, 0.25) is 0 Å².